The van der Waals surface area contributed by atoms with Gasteiger partial charge in [0.15, 0.2) is 0 Å². The summed E-state index contributed by atoms with van der Waals surface area (Å²) in [4.78, 5) is 34.1. The van der Waals surface area contributed by atoms with Crippen LogP contribution in [0.1, 0.15) is 0 Å². The minimum Gasteiger partial charge on any atom is -0.672 e. The fourth-order valence-electron chi connectivity index (χ4n) is 0. The summed E-state index contributed by atoms with van der Waals surface area (Å²) in [5.74, 6) is 0. The quantitative estimate of drug-likeness (QED) is 0.369. The summed E-state index contributed by atoms with van der Waals surface area (Å²) in [6, 6.07) is 0. The zero-order valence-corrected chi connectivity index (χ0v) is 7.91. The molecule has 0 heterocycles. The predicted octanol–water partition coefficient (Wildman–Crippen LogP) is -8.75. The van der Waals surface area contributed by atoms with Crippen LogP contribution in [0.5, 0.6) is 0 Å². The van der Waals surface area contributed by atoms with Crippen LogP contribution in [-0.2, 0) is 26.0 Å². The van der Waals surface area contributed by atoms with E-state index in [1.807, 2.05) is 0 Å². The molecule has 0 aliphatic rings. The maximum atomic E-state index is 8.52. The van der Waals surface area contributed by atoms with E-state index in [1.165, 1.54) is 0 Å². The smallest absolute Gasteiger partial charge is 0.672 e. The fourth-order valence-corrected chi connectivity index (χ4v) is 0. The minimum absolute atomic E-state index is 0. The second kappa shape index (κ2) is 16.2. The SMILES string of the molecule is O=[Si]([O-])[O-].O=[Si]([O-])[O-].[Fe+3].[Li+]. The molecule has 0 spiro atoms. The van der Waals surface area contributed by atoms with Crippen LogP contribution < -0.4 is 38.0 Å². The molecule has 0 aliphatic carbocycles. The molecule has 0 saturated heterocycles. The Morgan fingerprint density at radius 2 is 0.800 bits per heavy atom. The van der Waals surface area contributed by atoms with Gasteiger partial charge in [-0.1, -0.05) is 0 Å². The van der Waals surface area contributed by atoms with Gasteiger partial charge in [0.1, 0.15) is 0 Å². The summed E-state index contributed by atoms with van der Waals surface area (Å²) in [6.45, 7) is 0. The zero-order valence-electron chi connectivity index (χ0n) is 4.80. The first-order valence-corrected chi connectivity index (χ1v) is 3.67. The van der Waals surface area contributed by atoms with Gasteiger partial charge >= 0.3 is 35.9 Å². The van der Waals surface area contributed by atoms with Gasteiger partial charge in [0.25, 0.3) is 0 Å². The van der Waals surface area contributed by atoms with Crippen LogP contribution in [0.15, 0.2) is 0 Å². The van der Waals surface area contributed by atoms with Crippen LogP contribution in [0.2, 0.25) is 0 Å². The van der Waals surface area contributed by atoms with Crippen LogP contribution in [0, 0.1) is 0 Å². The predicted molar refractivity (Wildman–Crippen MR) is 12.9 cm³/mol. The summed E-state index contributed by atoms with van der Waals surface area (Å²) in [5.41, 5.74) is 0. The Morgan fingerprint density at radius 1 is 0.800 bits per heavy atom. The third kappa shape index (κ3) is 3670. The van der Waals surface area contributed by atoms with E-state index in [-0.39, 0.29) is 35.9 Å². The summed E-state index contributed by atoms with van der Waals surface area (Å²) in [6.07, 6.45) is 0. The first kappa shape index (κ1) is 22.4. The standard InChI is InChI=1S/Fe.Li.2O3Si/c;;2*1-4(2)3/q+3;+1;2*-2. The topological polar surface area (TPSA) is 126 Å². The Hall–Kier alpha value is 0.351. The van der Waals surface area contributed by atoms with Crippen molar-refractivity contribution in [2.24, 2.45) is 0 Å². The Labute approximate surface area is 82.4 Å². The Morgan fingerprint density at radius 3 is 0.800 bits per heavy atom. The van der Waals surface area contributed by atoms with Gasteiger partial charge in [0.05, 0.1) is 0 Å². The third-order valence-electron chi connectivity index (χ3n) is 0. The molecule has 0 aromatic rings. The van der Waals surface area contributed by atoms with Gasteiger partial charge in [0.2, 0.25) is 0 Å². The Balaban J connectivity index is -0.0000000300. The molecule has 0 rings (SSSR count). The average Bonchev–Trinajstić information content (AvgIpc) is 1.25. The molecule has 0 atom stereocenters. The first-order valence-electron chi connectivity index (χ1n) is 1.22. The third-order valence-corrected chi connectivity index (χ3v) is 0. The number of rotatable bonds is 0. The van der Waals surface area contributed by atoms with Crippen molar-refractivity contribution in [3.05, 3.63) is 0 Å². The van der Waals surface area contributed by atoms with Gasteiger partial charge in [-0.25, -0.2) is 0 Å². The Kier molecular flexibility index (Phi) is 36.3. The van der Waals surface area contributed by atoms with E-state index < -0.39 is 18.3 Å². The van der Waals surface area contributed by atoms with Gasteiger partial charge in [0, 0.05) is 18.3 Å². The van der Waals surface area contributed by atoms with Gasteiger partial charge in [-0.2, -0.15) is 0 Å². The van der Waals surface area contributed by atoms with Gasteiger partial charge in [-0.05, 0) is 0 Å². The van der Waals surface area contributed by atoms with Crippen molar-refractivity contribution in [1.82, 2.24) is 0 Å². The summed E-state index contributed by atoms with van der Waals surface area (Å²) in [5, 5.41) is 0. The van der Waals surface area contributed by atoms with Crippen LogP contribution in [0.3, 0.4) is 0 Å². The van der Waals surface area contributed by atoms with Crippen molar-refractivity contribution in [3.8, 4) is 0 Å². The van der Waals surface area contributed by atoms with Gasteiger partial charge in [-0.15, -0.1) is 0 Å². The average molecular weight is 215 g/mol. The molecule has 10 heteroatoms. The molecule has 53 valence electrons. The number of hydrogen-bond acceptors (Lipinski definition) is 6. The Bertz CT molecular complexity index is 73.7. The molecular formula is FeLiO6Si2. The zero-order chi connectivity index (χ0) is 7.15. The van der Waals surface area contributed by atoms with Gasteiger partial charge < -0.3 is 28.1 Å². The first-order chi connectivity index (χ1) is 3.46. The molecule has 1 radical (unpaired) electrons. The van der Waals surface area contributed by atoms with E-state index in [2.05, 4.69) is 0 Å². The van der Waals surface area contributed by atoms with Crippen molar-refractivity contribution in [2.75, 3.05) is 0 Å². The molecule has 0 aromatic heterocycles. The molecule has 0 fully saturated rings. The van der Waals surface area contributed by atoms with E-state index in [4.69, 9.17) is 28.1 Å². The largest absolute Gasteiger partial charge is 3.00 e. The van der Waals surface area contributed by atoms with Gasteiger partial charge in [-0.3, -0.25) is 0 Å². The molecule has 0 N–H and O–H groups in total. The molecule has 0 unspecified atom stereocenters. The van der Waals surface area contributed by atoms with E-state index in [0.717, 1.165) is 0 Å². The normalized spacial score (nSPS) is 4.80. The van der Waals surface area contributed by atoms with E-state index in [9.17, 15) is 0 Å². The van der Waals surface area contributed by atoms with Crippen LogP contribution in [0.4, 0.5) is 0 Å². The maximum absolute atomic E-state index is 8.52. The van der Waals surface area contributed by atoms with Crippen molar-refractivity contribution in [3.63, 3.8) is 0 Å². The van der Waals surface area contributed by atoms with Crippen molar-refractivity contribution >= 4 is 18.3 Å². The fraction of sp³-hybridized carbons (Fsp3) is 0. The second-order valence-corrected chi connectivity index (χ2v) is 1.50. The molecule has 0 aliphatic heterocycles. The minimum atomic E-state index is -3.63. The van der Waals surface area contributed by atoms with E-state index >= 15 is 0 Å². The molecule has 0 aromatic carbocycles. The van der Waals surface area contributed by atoms with Crippen molar-refractivity contribution < 1.29 is 64.0 Å². The van der Waals surface area contributed by atoms with E-state index in [0.29, 0.717) is 0 Å². The molecular weight excluding hydrogens is 215 g/mol. The van der Waals surface area contributed by atoms with Crippen LogP contribution >= 0.6 is 0 Å². The monoisotopic (exact) mass is 215 g/mol. The summed E-state index contributed by atoms with van der Waals surface area (Å²) < 4.78 is 17.0. The van der Waals surface area contributed by atoms with Crippen molar-refractivity contribution in [1.29, 1.82) is 0 Å². The molecule has 10 heavy (non-hydrogen) atoms. The van der Waals surface area contributed by atoms with Crippen molar-refractivity contribution in [2.45, 2.75) is 0 Å². The molecule has 0 bridgehead atoms. The summed E-state index contributed by atoms with van der Waals surface area (Å²) in [7, 11) is -7.26. The molecule has 0 amide bonds. The van der Waals surface area contributed by atoms with Crippen LogP contribution in [0.25, 0.3) is 0 Å². The maximum Gasteiger partial charge on any atom is 3.00 e. The molecule has 0 saturated carbocycles. The molecule has 6 nitrogen and oxygen atoms in total. The van der Waals surface area contributed by atoms with E-state index in [1.54, 1.807) is 0 Å². The second-order valence-electron chi connectivity index (χ2n) is 0.500. The van der Waals surface area contributed by atoms with Crippen LogP contribution in [-0.4, -0.2) is 18.3 Å². The number of hydrogen-bond donors (Lipinski definition) is 0. The summed E-state index contributed by atoms with van der Waals surface area (Å²) >= 11 is 0.